The van der Waals surface area contributed by atoms with Crippen LogP contribution in [0.1, 0.15) is 25.3 Å². The number of hydrogen-bond donors (Lipinski definition) is 1. The Morgan fingerprint density at radius 3 is 2.67 bits per heavy atom. The van der Waals surface area contributed by atoms with Crippen LogP contribution in [0.4, 0.5) is 5.69 Å². The maximum atomic E-state index is 12.3. The molecule has 0 fully saturated rings. The molecule has 0 aliphatic rings. The number of halogens is 2. The highest BCUT2D eigenvalue weighted by molar-refractivity contribution is 14.1. The molecule has 3 aromatic rings. The highest BCUT2D eigenvalue weighted by Gasteiger charge is 2.13. The van der Waals surface area contributed by atoms with E-state index in [1.54, 1.807) is 0 Å². The minimum absolute atomic E-state index is 0.105. The van der Waals surface area contributed by atoms with Crippen molar-refractivity contribution in [1.82, 2.24) is 10.2 Å². The molecule has 1 aromatic heterocycles. The van der Waals surface area contributed by atoms with Gasteiger partial charge in [0, 0.05) is 19.3 Å². The summed E-state index contributed by atoms with van der Waals surface area (Å²) in [5, 5.41) is 11.4. The van der Waals surface area contributed by atoms with E-state index in [0.717, 1.165) is 24.9 Å². The van der Waals surface area contributed by atoms with Crippen molar-refractivity contribution in [2.24, 2.45) is 0 Å². The molecule has 0 spiro atoms. The van der Waals surface area contributed by atoms with Gasteiger partial charge in [-0.1, -0.05) is 41.5 Å². The van der Waals surface area contributed by atoms with Crippen LogP contribution in [0.3, 0.4) is 0 Å². The fraction of sp³-hybridized carbons (Fsp3) is 0.211. The number of anilines is 1. The zero-order valence-electron chi connectivity index (χ0n) is 14.7. The Balaban J connectivity index is 1.61. The topological polar surface area (TPSA) is 68.0 Å². The molecule has 0 bridgehead atoms. The molecule has 140 valence electrons. The lowest BCUT2D eigenvalue weighted by Crippen LogP contribution is -2.15. The maximum absolute atomic E-state index is 12.3. The summed E-state index contributed by atoms with van der Waals surface area (Å²) in [4.78, 5) is 12.3. The lowest BCUT2D eigenvalue weighted by molar-refractivity contribution is -0.113. The van der Waals surface area contributed by atoms with Crippen LogP contribution in [0.15, 0.2) is 56.6 Å². The van der Waals surface area contributed by atoms with Crippen LogP contribution in [0.2, 0.25) is 0 Å². The maximum Gasteiger partial charge on any atom is 0.277 e. The summed E-state index contributed by atoms with van der Waals surface area (Å²) in [7, 11) is 0. The van der Waals surface area contributed by atoms with Gasteiger partial charge in [-0.25, -0.2) is 0 Å². The highest BCUT2D eigenvalue weighted by Crippen LogP contribution is 2.27. The van der Waals surface area contributed by atoms with E-state index in [0.29, 0.717) is 17.0 Å². The summed E-state index contributed by atoms with van der Waals surface area (Å²) < 4.78 is 7.76. The summed E-state index contributed by atoms with van der Waals surface area (Å²) in [5.41, 5.74) is 2.80. The van der Waals surface area contributed by atoms with Gasteiger partial charge in [0.2, 0.25) is 11.8 Å². The van der Waals surface area contributed by atoms with Gasteiger partial charge in [-0.2, -0.15) is 0 Å². The molecule has 0 saturated carbocycles. The first-order chi connectivity index (χ1) is 12.9. The van der Waals surface area contributed by atoms with E-state index in [-0.39, 0.29) is 11.7 Å². The van der Waals surface area contributed by atoms with Gasteiger partial charge >= 0.3 is 0 Å². The first kappa shape index (κ1) is 20.3. The van der Waals surface area contributed by atoms with Crippen LogP contribution in [-0.4, -0.2) is 21.9 Å². The van der Waals surface area contributed by atoms with Gasteiger partial charge in [0.1, 0.15) is 0 Å². The predicted octanol–water partition coefficient (Wildman–Crippen LogP) is 5.96. The van der Waals surface area contributed by atoms with Crippen LogP contribution < -0.4 is 5.32 Å². The molecular weight excluding hydrogens is 541 g/mol. The van der Waals surface area contributed by atoms with Gasteiger partial charge in [0.15, 0.2) is 0 Å². The van der Waals surface area contributed by atoms with Crippen LogP contribution in [0.5, 0.6) is 0 Å². The molecule has 8 heteroatoms. The minimum Gasteiger partial charge on any atom is -0.411 e. The van der Waals surface area contributed by atoms with E-state index in [9.17, 15) is 4.79 Å². The third-order valence-electron chi connectivity index (χ3n) is 3.73. The number of nitrogens with zero attached hydrogens (tertiary/aromatic N) is 2. The molecule has 3 rings (SSSR count). The van der Waals surface area contributed by atoms with Crippen molar-refractivity contribution in [3.8, 4) is 11.5 Å². The number of benzene rings is 2. The summed E-state index contributed by atoms with van der Waals surface area (Å²) in [6.07, 6.45) is 0. The Labute approximate surface area is 184 Å². The summed E-state index contributed by atoms with van der Waals surface area (Å²) in [6, 6.07) is 13.6. The zero-order valence-corrected chi connectivity index (χ0v) is 19.3. The van der Waals surface area contributed by atoms with E-state index < -0.39 is 0 Å². The number of aromatic nitrogens is 2. The number of nitrogens with one attached hydrogen (secondary N) is 1. The number of carbonyl (C=O) groups is 1. The second-order valence-corrected chi connectivity index (χ2v) is 9.19. The van der Waals surface area contributed by atoms with Crippen molar-refractivity contribution in [2.45, 2.75) is 25.0 Å². The molecular formula is C19H17BrIN3O2S. The van der Waals surface area contributed by atoms with Crippen LogP contribution in [-0.2, 0) is 4.79 Å². The second-order valence-electron chi connectivity index (χ2n) is 6.10. The van der Waals surface area contributed by atoms with Crippen molar-refractivity contribution in [3.05, 3.63) is 56.1 Å². The third-order valence-corrected chi connectivity index (χ3v) is 5.75. The Morgan fingerprint density at radius 2 is 1.96 bits per heavy atom. The quantitative estimate of drug-likeness (QED) is 0.299. The standard InChI is InChI=1S/C19H17BrIN3O2S/c1-11(2)15-9-14(21)7-8-16(15)22-17(25)10-27-19-24-23-18(26-19)12-3-5-13(20)6-4-12/h3-9,11H,10H2,1-2H3,(H,22,25). The van der Waals surface area contributed by atoms with E-state index in [1.807, 2.05) is 36.4 Å². The third kappa shape index (κ3) is 5.55. The second kappa shape index (κ2) is 9.20. The Hall–Kier alpha value is -1.39. The number of thioether (sulfide) groups is 1. The van der Waals surface area contributed by atoms with E-state index >= 15 is 0 Å². The Morgan fingerprint density at radius 1 is 1.22 bits per heavy atom. The summed E-state index contributed by atoms with van der Waals surface area (Å²) in [6.45, 7) is 4.22. The molecule has 5 nitrogen and oxygen atoms in total. The van der Waals surface area contributed by atoms with Gasteiger partial charge in [-0.15, -0.1) is 10.2 Å². The number of carbonyl (C=O) groups excluding carboxylic acids is 1. The molecule has 0 saturated heterocycles. The molecule has 0 aliphatic carbocycles. The van der Waals surface area contributed by atoms with Gasteiger partial charge in [-0.05, 0) is 76.5 Å². The number of hydrogen-bond acceptors (Lipinski definition) is 5. The van der Waals surface area contributed by atoms with Crippen molar-refractivity contribution < 1.29 is 9.21 Å². The van der Waals surface area contributed by atoms with Crippen molar-refractivity contribution in [2.75, 3.05) is 11.1 Å². The van der Waals surface area contributed by atoms with Crippen LogP contribution in [0.25, 0.3) is 11.5 Å². The van der Waals surface area contributed by atoms with Gasteiger partial charge in [0.05, 0.1) is 5.75 Å². The zero-order chi connectivity index (χ0) is 19.4. The van der Waals surface area contributed by atoms with Crippen LogP contribution >= 0.6 is 50.3 Å². The molecule has 27 heavy (non-hydrogen) atoms. The predicted molar refractivity (Wildman–Crippen MR) is 120 cm³/mol. The highest BCUT2D eigenvalue weighted by atomic mass is 127. The van der Waals surface area contributed by atoms with E-state index in [4.69, 9.17) is 4.42 Å². The lowest BCUT2D eigenvalue weighted by atomic mass is 10.0. The lowest BCUT2D eigenvalue weighted by Gasteiger charge is -2.14. The Kier molecular flexibility index (Phi) is 6.93. The van der Waals surface area contributed by atoms with Crippen LogP contribution in [0, 0.1) is 3.57 Å². The fourth-order valence-electron chi connectivity index (χ4n) is 2.42. The first-order valence-electron chi connectivity index (χ1n) is 8.24. The number of rotatable bonds is 6. The van der Waals surface area contributed by atoms with E-state index in [1.165, 1.54) is 11.8 Å². The monoisotopic (exact) mass is 557 g/mol. The van der Waals surface area contributed by atoms with E-state index in [2.05, 4.69) is 73.9 Å². The first-order valence-corrected chi connectivity index (χ1v) is 11.1. The average molecular weight is 558 g/mol. The fourth-order valence-corrected chi connectivity index (χ4v) is 3.76. The van der Waals surface area contributed by atoms with Crippen molar-refractivity contribution in [1.29, 1.82) is 0 Å². The molecule has 1 heterocycles. The molecule has 1 amide bonds. The van der Waals surface area contributed by atoms with Gasteiger partial charge < -0.3 is 9.73 Å². The summed E-state index contributed by atoms with van der Waals surface area (Å²) in [5.74, 6) is 0.856. The molecule has 0 radical (unpaired) electrons. The van der Waals surface area contributed by atoms with Crippen molar-refractivity contribution >= 4 is 61.9 Å². The molecule has 0 atom stereocenters. The SMILES string of the molecule is CC(C)c1cc(I)ccc1NC(=O)CSc1nnc(-c2ccc(Br)cc2)o1. The Bertz CT molecular complexity index is 944. The van der Waals surface area contributed by atoms with Gasteiger partial charge in [0.25, 0.3) is 5.22 Å². The minimum atomic E-state index is -0.105. The smallest absolute Gasteiger partial charge is 0.277 e. The summed E-state index contributed by atoms with van der Waals surface area (Å²) >= 11 is 6.89. The number of amides is 1. The molecule has 2 aromatic carbocycles. The average Bonchev–Trinajstić information content (AvgIpc) is 3.11. The molecule has 1 N–H and O–H groups in total. The normalized spacial score (nSPS) is 11.0. The van der Waals surface area contributed by atoms with Gasteiger partial charge in [-0.3, -0.25) is 4.79 Å². The molecule has 0 unspecified atom stereocenters. The van der Waals surface area contributed by atoms with Crippen molar-refractivity contribution in [3.63, 3.8) is 0 Å². The largest absolute Gasteiger partial charge is 0.411 e. The molecule has 0 aliphatic heterocycles.